The molecule has 54 heavy (non-hydrogen) atoms. The smallest absolute Gasteiger partial charge is 0.310 e. The second-order valence-corrected chi connectivity index (χ2v) is 16.8. The SMILES string of the molecule is C=C([C@H](Cc1ccc(-c2ncc(-c3ccc(-c4ccc(C5CCCCC5)cc4)cc3F)cn2)cc1)NC(=O)c1ccc(C(C)(C)C)s1)N1CC(C(=O)O)C1. The number of amides is 1. The van der Waals surface area contributed by atoms with E-state index in [4.69, 9.17) is 0 Å². The molecule has 5 aromatic rings. The molecule has 2 N–H and O–H groups in total. The average Bonchev–Trinajstić information content (AvgIpc) is 3.67. The average molecular weight is 743 g/mol. The minimum Gasteiger partial charge on any atom is -0.481 e. The molecular weight excluding hydrogens is 696 g/mol. The van der Waals surface area contributed by atoms with Gasteiger partial charge in [-0.15, -0.1) is 11.3 Å². The van der Waals surface area contributed by atoms with E-state index in [0.717, 1.165) is 27.1 Å². The second-order valence-electron chi connectivity index (χ2n) is 15.7. The number of likely N-dealkylation sites (tertiary alicyclic amines) is 1. The van der Waals surface area contributed by atoms with Gasteiger partial charge in [0.05, 0.1) is 16.8 Å². The lowest BCUT2D eigenvalue weighted by atomic mass is 9.83. The van der Waals surface area contributed by atoms with Crippen molar-refractivity contribution in [3.05, 3.63) is 130 Å². The van der Waals surface area contributed by atoms with E-state index in [1.807, 2.05) is 47.4 Å². The van der Waals surface area contributed by atoms with E-state index in [9.17, 15) is 14.7 Å². The molecule has 1 atom stereocenters. The summed E-state index contributed by atoms with van der Waals surface area (Å²) in [6, 6.07) is 25.1. The van der Waals surface area contributed by atoms with Gasteiger partial charge in [-0.25, -0.2) is 14.4 Å². The number of nitrogens with one attached hydrogen (secondary N) is 1. The van der Waals surface area contributed by atoms with Gasteiger partial charge in [0.15, 0.2) is 5.82 Å². The summed E-state index contributed by atoms with van der Waals surface area (Å²) in [6.07, 6.45) is 10.2. The summed E-state index contributed by atoms with van der Waals surface area (Å²) < 4.78 is 15.5. The molecule has 2 aromatic heterocycles. The number of nitrogens with zero attached hydrogens (tertiary/aromatic N) is 3. The number of carbonyl (C=O) groups excluding carboxylic acids is 1. The van der Waals surface area contributed by atoms with E-state index < -0.39 is 17.9 Å². The van der Waals surface area contributed by atoms with Gasteiger partial charge in [0.1, 0.15) is 5.82 Å². The topological polar surface area (TPSA) is 95.4 Å². The third-order valence-corrected chi connectivity index (χ3v) is 12.3. The van der Waals surface area contributed by atoms with Gasteiger partial charge in [0.2, 0.25) is 0 Å². The van der Waals surface area contributed by atoms with Crippen LogP contribution in [0.1, 0.15) is 84.5 Å². The predicted octanol–water partition coefficient (Wildman–Crippen LogP) is 9.89. The molecule has 1 aliphatic heterocycles. The van der Waals surface area contributed by atoms with Crippen molar-refractivity contribution >= 4 is 23.2 Å². The second kappa shape index (κ2) is 15.7. The summed E-state index contributed by atoms with van der Waals surface area (Å²) in [5.74, 6) is -0.625. The van der Waals surface area contributed by atoms with Crippen molar-refractivity contribution < 1.29 is 19.1 Å². The first-order valence-electron chi connectivity index (χ1n) is 18.8. The first-order chi connectivity index (χ1) is 25.9. The Morgan fingerprint density at radius 2 is 1.54 bits per heavy atom. The van der Waals surface area contributed by atoms with E-state index in [-0.39, 0.29) is 17.1 Å². The minimum absolute atomic E-state index is 0.0650. The monoisotopic (exact) mass is 742 g/mol. The Bertz CT molecular complexity index is 2130. The zero-order chi connectivity index (χ0) is 38.0. The largest absolute Gasteiger partial charge is 0.481 e. The highest BCUT2D eigenvalue weighted by atomic mass is 32.1. The number of aromatic nitrogens is 2. The van der Waals surface area contributed by atoms with Crippen LogP contribution in [-0.4, -0.2) is 51.0 Å². The molecule has 0 bridgehead atoms. The number of aliphatic carboxylic acids is 1. The van der Waals surface area contributed by atoms with E-state index in [1.165, 1.54) is 49.0 Å². The zero-order valence-corrected chi connectivity index (χ0v) is 32.0. The van der Waals surface area contributed by atoms with Gasteiger partial charge in [-0.3, -0.25) is 9.59 Å². The van der Waals surface area contributed by atoms with Gasteiger partial charge in [-0.1, -0.05) is 107 Å². The standard InChI is InChI=1S/C45H47FN4O3S/c1-28(50-26-36(27-50)44(52)53)39(49-43(51)40-20-21-41(54-40)45(2,3)4)22-29-10-12-33(13-11-29)42-47-24-35(25-48-42)37-19-18-34(23-38(37)46)32-16-14-31(15-17-32)30-8-6-5-7-9-30/h10-21,23-25,30,36,39H,1,5-9,22,26-27H2,2-4H3,(H,49,51)(H,52,53)/t39-/m0/s1. The molecule has 2 aliphatic rings. The Balaban J connectivity index is 1.02. The molecule has 278 valence electrons. The molecular formula is C45H47FN4O3S. The number of halogens is 1. The van der Waals surface area contributed by atoms with Crippen molar-refractivity contribution in [2.75, 3.05) is 13.1 Å². The molecule has 2 fully saturated rings. The van der Waals surface area contributed by atoms with Gasteiger partial charge in [-0.05, 0) is 71.0 Å². The molecule has 9 heteroatoms. The highest BCUT2D eigenvalue weighted by Crippen LogP contribution is 2.35. The van der Waals surface area contributed by atoms with Gasteiger partial charge >= 0.3 is 5.97 Å². The fraction of sp³-hybridized carbons (Fsp3) is 0.333. The number of carboxylic acids is 1. The van der Waals surface area contributed by atoms with Crippen molar-refractivity contribution in [1.29, 1.82) is 0 Å². The fourth-order valence-electron chi connectivity index (χ4n) is 7.39. The predicted molar refractivity (Wildman–Crippen MR) is 214 cm³/mol. The molecule has 1 amide bonds. The number of carboxylic acid groups (broad SMARTS) is 1. The minimum atomic E-state index is -0.826. The number of hydrogen-bond donors (Lipinski definition) is 2. The van der Waals surface area contributed by atoms with Crippen LogP contribution < -0.4 is 5.32 Å². The van der Waals surface area contributed by atoms with E-state index in [0.29, 0.717) is 53.0 Å². The maximum Gasteiger partial charge on any atom is 0.310 e. The summed E-state index contributed by atoms with van der Waals surface area (Å²) in [7, 11) is 0. The number of hydrogen-bond acceptors (Lipinski definition) is 6. The Morgan fingerprint density at radius 3 is 2.15 bits per heavy atom. The van der Waals surface area contributed by atoms with Gasteiger partial charge in [0.25, 0.3) is 5.91 Å². The molecule has 3 heterocycles. The lowest BCUT2D eigenvalue weighted by Crippen LogP contribution is -2.53. The molecule has 1 saturated heterocycles. The quantitative estimate of drug-likeness (QED) is 0.140. The maximum absolute atomic E-state index is 15.5. The van der Waals surface area contributed by atoms with E-state index in [2.05, 4.69) is 66.9 Å². The highest BCUT2D eigenvalue weighted by molar-refractivity contribution is 7.14. The number of carbonyl (C=O) groups is 2. The van der Waals surface area contributed by atoms with Crippen LogP contribution in [0.25, 0.3) is 33.6 Å². The lowest BCUT2D eigenvalue weighted by Gasteiger charge is -2.42. The summed E-state index contributed by atoms with van der Waals surface area (Å²) in [6.45, 7) is 11.4. The van der Waals surface area contributed by atoms with Crippen molar-refractivity contribution in [2.45, 2.75) is 76.7 Å². The third-order valence-electron chi connectivity index (χ3n) is 10.8. The Kier molecular flexibility index (Phi) is 10.8. The van der Waals surface area contributed by atoms with Crippen molar-refractivity contribution in [2.24, 2.45) is 5.92 Å². The first kappa shape index (κ1) is 37.2. The van der Waals surface area contributed by atoms with E-state index >= 15 is 4.39 Å². The summed E-state index contributed by atoms with van der Waals surface area (Å²) in [4.78, 5) is 37.7. The van der Waals surface area contributed by atoms with Crippen molar-refractivity contribution in [1.82, 2.24) is 20.2 Å². The van der Waals surface area contributed by atoms with Crippen LogP contribution in [-0.2, 0) is 16.6 Å². The van der Waals surface area contributed by atoms with Crippen LogP contribution in [0, 0.1) is 11.7 Å². The summed E-state index contributed by atoms with van der Waals surface area (Å²) in [5.41, 5.74) is 6.64. The number of rotatable bonds is 11. The number of benzene rings is 3. The van der Waals surface area contributed by atoms with Crippen LogP contribution in [0.2, 0.25) is 0 Å². The van der Waals surface area contributed by atoms with Gasteiger partial charge in [-0.2, -0.15) is 0 Å². The third kappa shape index (κ3) is 8.31. The fourth-order valence-corrected chi connectivity index (χ4v) is 8.36. The first-order valence-corrected chi connectivity index (χ1v) is 19.6. The Hall–Kier alpha value is -5.15. The summed E-state index contributed by atoms with van der Waals surface area (Å²) in [5, 5.41) is 12.6. The normalized spacial score (nSPS) is 15.7. The molecule has 3 aromatic carbocycles. The highest BCUT2D eigenvalue weighted by Gasteiger charge is 2.36. The van der Waals surface area contributed by atoms with Crippen molar-refractivity contribution in [3.63, 3.8) is 0 Å². The molecule has 1 aliphatic carbocycles. The Labute approximate surface area is 321 Å². The molecule has 0 radical (unpaired) electrons. The van der Waals surface area contributed by atoms with Crippen LogP contribution in [0.5, 0.6) is 0 Å². The molecule has 7 rings (SSSR count). The molecule has 1 saturated carbocycles. The maximum atomic E-state index is 15.5. The zero-order valence-electron chi connectivity index (χ0n) is 31.1. The van der Waals surface area contributed by atoms with Crippen LogP contribution in [0.4, 0.5) is 4.39 Å². The molecule has 7 nitrogen and oxygen atoms in total. The van der Waals surface area contributed by atoms with Crippen LogP contribution in [0.15, 0.2) is 104 Å². The van der Waals surface area contributed by atoms with Gasteiger partial charge in [0, 0.05) is 52.7 Å². The van der Waals surface area contributed by atoms with Gasteiger partial charge < -0.3 is 15.3 Å². The van der Waals surface area contributed by atoms with Crippen LogP contribution >= 0.6 is 11.3 Å². The Morgan fingerprint density at radius 1 is 0.889 bits per heavy atom. The van der Waals surface area contributed by atoms with E-state index in [1.54, 1.807) is 24.5 Å². The van der Waals surface area contributed by atoms with Crippen molar-refractivity contribution in [3.8, 4) is 33.6 Å². The number of thiophene rings is 1. The molecule has 0 unspecified atom stereocenters. The lowest BCUT2D eigenvalue weighted by molar-refractivity contribution is -0.146. The van der Waals surface area contributed by atoms with Crippen LogP contribution in [0.3, 0.4) is 0 Å². The molecule has 0 spiro atoms. The summed E-state index contributed by atoms with van der Waals surface area (Å²) >= 11 is 1.48.